The highest BCUT2D eigenvalue weighted by atomic mass is 35.5. The van der Waals surface area contributed by atoms with Crippen LogP contribution in [0.2, 0.25) is 5.02 Å². The minimum absolute atomic E-state index is 0.425. The van der Waals surface area contributed by atoms with E-state index in [4.69, 9.17) is 11.6 Å². The maximum absolute atomic E-state index is 6.02. The average molecular weight is 308 g/mol. The zero-order valence-electron chi connectivity index (χ0n) is 14.0. The lowest BCUT2D eigenvalue weighted by molar-refractivity contribution is 0.299. The Balaban J connectivity index is 2.04. The maximum atomic E-state index is 6.02. The molecule has 1 aliphatic rings. The summed E-state index contributed by atoms with van der Waals surface area (Å²) in [7, 11) is 0. The van der Waals surface area contributed by atoms with Crippen LogP contribution in [0.4, 0.5) is 0 Å². The van der Waals surface area contributed by atoms with Crippen LogP contribution in [0, 0.1) is 11.3 Å². The molecule has 21 heavy (non-hydrogen) atoms. The summed E-state index contributed by atoms with van der Waals surface area (Å²) in [6.07, 6.45) is 6.63. The highest BCUT2D eigenvalue weighted by molar-refractivity contribution is 6.30. The zero-order chi connectivity index (χ0) is 15.5. The van der Waals surface area contributed by atoms with Crippen LogP contribution < -0.4 is 5.32 Å². The summed E-state index contributed by atoms with van der Waals surface area (Å²) in [6, 6.07) is 9.42. The summed E-state index contributed by atoms with van der Waals surface area (Å²) < 4.78 is 0. The standard InChI is InChI=1S/C19H30ClN/c1-14(2)18(15-7-9-16(20)10-8-15)21-17-6-5-12-19(3,4)13-11-17/h7-10,14,17-18,21H,5-6,11-13H2,1-4H3. The Labute approximate surface area is 135 Å². The summed E-state index contributed by atoms with van der Waals surface area (Å²) in [5.41, 5.74) is 1.88. The van der Waals surface area contributed by atoms with E-state index >= 15 is 0 Å². The van der Waals surface area contributed by atoms with Crippen molar-refractivity contribution in [2.45, 2.75) is 71.9 Å². The minimum atomic E-state index is 0.425. The van der Waals surface area contributed by atoms with Crippen LogP contribution in [0.5, 0.6) is 0 Å². The van der Waals surface area contributed by atoms with E-state index in [9.17, 15) is 0 Å². The monoisotopic (exact) mass is 307 g/mol. The molecule has 0 spiro atoms. The van der Waals surface area contributed by atoms with Gasteiger partial charge in [0.25, 0.3) is 0 Å². The topological polar surface area (TPSA) is 12.0 Å². The third kappa shape index (κ3) is 5.00. The molecular formula is C19H30ClN. The molecule has 2 atom stereocenters. The van der Waals surface area contributed by atoms with E-state index < -0.39 is 0 Å². The number of rotatable bonds is 4. The van der Waals surface area contributed by atoms with Gasteiger partial charge in [-0.1, -0.05) is 57.8 Å². The number of hydrogen-bond acceptors (Lipinski definition) is 1. The summed E-state index contributed by atoms with van der Waals surface area (Å²) >= 11 is 6.02. The van der Waals surface area contributed by atoms with Crippen LogP contribution in [0.25, 0.3) is 0 Å². The van der Waals surface area contributed by atoms with Gasteiger partial charge in [-0.15, -0.1) is 0 Å². The Morgan fingerprint density at radius 2 is 1.76 bits per heavy atom. The van der Waals surface area contributed by atoms with Crippen LogP contribution >= 0.6 is 11.6 Å². The molecule has 0 aromatic heterocycles. The quantitative estimate of drug-likeness (QED) is 0.674. The van der Waals surface area contributed by atoms with E-state index in [2.05, 4.69) is 45.1 Å². The van der Waals surface area contributed by atoms with Gasteiger partial charge in [-0.3, -0.25) is 0 Å². The van der Waals surface area contributed by atoms with E-state index in [-0.39, 0.29) is 0 Å². The van der Waals surface area contributed by atoms with E-state index in [1.165, 1.54) is 37.7 Å². The normalized spacial score (nSPS) is 23.8. The predicted octanol–water partition coefficient (Wildman–Crippen LogP) is 5.99. The molecule has 1 aromatic carbocycles. The molecule has 0 saturated heterocycles. The maximum Gasteiger partial charge on any atom is 0.0406 e. The van der Waals surface area contributed by atoms with E-state index in [0.717, 1.165) is 5.02 Å². The van der Waals surface area contributed by atoms with Gasteiger partial charge >= 0.3 is 0 Å². The van der Waals surface area contributed by atoms with Gasteiger partial charge in [0, 0.05) is 17.1 Å². The molecule has 2 heteroatoms. The lowest BCUT2D eigenvalue weighted by Crippen LogP contribution is -2.35. The highest BCUT2D eigenvalue weighted by Crippen LogP contribution is 2.35. The number of benzene rings is 1. The summed E-state index contributed by atoms with van der Waals surface area (Å²) in [6.45, 7) is 9.42. The molecule has 1 aliphatic carbocycles. The lowest BCUT2D eigenvalue weighted by atomic mass is 9.85. The first-order chi connectivity index (χ1) is 9.87. The third-order valence-electron chi connectivity index (χ3n) is 4.89. The van der Waals surface area contributed by atoms with Gasteiger partial charge in [0.15, 0.2) is 0 Å². The Kier molecular flexibility index (Phi) is 5.73. The molecule has 0 radical (unpaired) electrons. The summed E-state index contributed by atoms with van der Waals surface area (Å²) in [5, 5.41) is 4.74. The molecule has 118 valence electrons. The molecule has 0 amide bonds. The number of halogens is 1. The van der Waals surface area contributed by atoms with Crippen LogP contribution in [-0.4, -0.2) is 6.04 Å². The molecule has 1 N–H and O–H groups in total. The van der Waals surface area contributed by atoms with Crippen LogP contribution in [-0.2, 0) is 0 Å². The van der Waals surface area contributed by atoms with Gasteiger partial charge in [-0.05, 0) is 54.7 Å². The fraction of sp³-hybridized carbons (Fsp3) is 0.684. The molecule has 1 nitrogen and oxygen atoms in total. The van der Waals surface area contributed by atoms with E-state index in [0.29, 0.717) is 23.4 Å². The molecule has 0 bridgehead atoms. The molecule has 2 rings (SSSR count). The largest absolute Gasteiger partial charge is 0.307 e. The first-order valence-corrected chi connectivity index (χ1v) is 8.77. The molecule has 2 unspecified atom stereocenters. The van der Waals surface area contributed by atoms with Crippen molar-refractivity contribution in [2.75, 3.05) is 0 Å². The van der Waals surface area contributed by atoms with Crippen molar-refractivity contribution in [1.82, 2.24) is 5.32 Å². The van der Waals surface area contributed by atoms with E-state index in [1.54, 1.807) is 0 Å². The van der Waals surface area contributed by atoms with Gasteiger partial charge in [0.2, 0.25) is 0 Å². The smallest absolute Gasteiger partial charge is 0.0406 e. The fourth-order valence-electron chi connectivity index (χ4n) is 3.43. The van der Waals surface area contributed by atoms with Gasteiger partial charge in [0.1, 0.15) is 0 Å². The molecular weight excluding hydrogens is 278 g/mol. The predicted molar refractivity (Wildman–Crippen MR) is 92.8 cm³/mol. The Morgan fingerprint density at radius 1 is 1.10 bits per heavy atom. The number of hydrogen-bond donors (Lipinski definition) is 1. The van der Waals surface area contributed by atoms with Gasteiger partial charge in [-0.2, -0.15) is 0 Å². The molecule has 1 fully saturated rings. The Bertz CT molecular complexity index is 435. The molecule has 0 aliphatic heterocycles. The first-order valence-electron chi connectivity index (χ1n) is 8.39. The molecule has 1 saturated carbocycles. The zero-order valence-corrected chi connectivity index (χ0v) is 14.7. The second-order valence-corrected chi connectivity index (χ2v) is 8.17. The third-order valence-corrected chi connectivity index (χ3v) is 5.14. The first kappa shape index (κ1) is 16.8. The van der Waals surface area contributed by atoms with Crippen LogP contribution in [0.1, 0.15) is 71.4 Å². The second-order valence-electron chi connectivity index (χ2n) is 7.73. The Hall–Kier alpha value is -0.530. The second kappa shape index (κ2) is 7.15. The van der Waals surface area contributed by atoms with Gasteiger partial charge in [-0.25, -0.2) is 0 Å². The van der Waals surface area contributed by atoms with Crippen molar-refractivity contribution in [3.63, 3.8) is 0 Å². The lowest BCUT2D eigenvalue weighted by Gasteiger charge is -2.29. The summed E-state index contributed by atoms with van der Waals surface area (Å²) in [5.74, 6) is 0.586. The highest BCUT2D eigenvalue weighted by Gasteiger charge is 2.26. The average Bonchev–Trinajstić information content (AvgIpc) is 2.58. The Morgan fingerprint density at radius 3 is 2.38 bits per heavy atom. The summed E-state index contributed by atoms with van der Waals surface area (Å²) in [4.78, 5) is 0. The van der Waals surface area contributed by atoms with Crippen molar-refractivity contribution in [3.8, 4) is 0 Å². The van der Waals surface area contributed by atoms with Crippen molar-refractivity contribution in [3.05, 3.63) is 34.9 Å². The minimum Gasteiger partial charge on any atom is -0.307 e. The molecule has 0 heterocycles. The van der Waals surface area contributed by atoms with Crippen molar-refractivity contribution < 1.29 is 0 Å². The SMILES string of the molecule is CC(C)C(NC1CCCC(C)(C)CC1)c1ccc(Cl)cc1. The van der Waals surface area contributed by atoms with Gasteiger partial charge in [0.05, 0.1) is 0 Å². The van der Waals surface area contributed by atoms with Crippen molar-refractivity contribution in [2.24, 2.45) is 11.3 Å². The van der Waals surface area contributed by atoms with Crippen molar-refractivity contribution >= 4 is 11.6 Å². The van der Waals surface area contributed by atoms with E-state index in [1.807, 2.05) is 12.1 Å². The van der Waals surface area contributed by atoms with Crippen LogP contribution in [0.3, 0.4) is 0 Å². The fourth-order valence-corrected chi connectivity index (χ4v) is 3.55. The van der Waals surface area contributed by atoms with Gasteiger partial charge < -0.3 is 5.32 Å². The van der Waals surface area contributed by atoms with Crippen molar-refractivity contribution in [1.29, 1.82) is 0 Å². The number of nitrogens with one attached hydrogen (secondary N) is 1. The van der Waals surface area contributed by atoms with Crippen LogP contribution in [0.15, 0.2) is 24.3 Å². The molecule has 1 aromatic rings.